The van der Waals surface area contributed by atoms with Gasteiger partial charge in [0.05, 0.1) is 24.9 Å². The van der Waals surface area contributed by atoms with Crippen molar-refractivity contribution in [3.63, 3.8) is 0 Å². The Kier molecular flexibility index (Phi) is 6.77. The lowest BCUT2D eigenvalue weighted by Crippen LogP contribution is -2.31. The summed E-state index contributed by atoms with van der Waals surface area (Å²) in [5, 5.41) is 4.29. The van der Waals surface area contributed by atoms with E-state index in [1.54, 1.807) is 14.2 Å². The van der Waals surface area contributed by atoms with Crippen LogP contribution in [-0.2, 0) is 4.74 Å². The van der Waals surface area contributed by atoms with Gasteiger partial charge in [-0.3, -0.25) is 4.98 Å². The van der Waals surface area contributed by atoms with Gasteiger partial charge >= 0.3 is 0 Å². The third-order valence-corrected chi connectivity index (χ3v) is 6.42. The molecule has 1 fully saturated rings. The zero-order valence-electron chi connectivity index (χ0n) is 19.0. The maximum atomic E-state index is 5.77. The van der Waals surface area contributed by atoms with Gasteiger partial charge in [0.1, 0.15) is 5.75 Å². The highest BCUT2D eigenvalue weighted by atomic mass is 32.1. The van der Waals surface area contributed by atoms with Crippen LogP contribution in [0.15, 0.2) is 54.7 Å². The van der Waals surface area contributed by atoms with Crippen molar-refractivity contribution in [2.24, 2.45) is 0 Å². The third kappa shape index (κ3) is 4.23. The van der Waals surface area contributed by atoms with Gasteiger partial charge in [-0.05, 0) is 80.5 Å². The molecule has 7 heteroatoms. The van der Waals surface area contributed by atoms with Gasteiger partial charge in [-0.2, -0.15) is 0 Å². The number of aromatic nitrogens is 2. The predicted molar refractivity (Wildman–Crippen MR) is 130 cm³/mol. The molecule has 0 radical (unpaired) electrons. The molecule has 0 amide bonds. The zero-order chi connectivity index (χ0) is 22.7. The van der Waals surface area contributed by atoms with Crippen molar-refractivity contribution in [1.82, 2.24) is 19.8 Å². The van der Waals surface area contributed by atoms with Crippen LogP contribution < -0.4 is 10.1 Å². The third-order valence-electron chi connectivity index (χ3n) is 6.06. The van der Waals surface area contributed by atoms with Crippen molar-refractivity contribution < 1.29 is 9.47 Å². The van der Waals surface area contributed by atoms with Crippen molar-refractivity contribution in [3.05, 3.63) is 77.4 Å². The molecule has 1 N–H and O–H groups in total. The van der Waals surface area contributed by atoms with Crippen LogP contribution in [0.25, 0.3) is 5.69 Å². The number of thiocarbonyl (C=S) groups is 1. The fourth-order valence-electron chi connectivity index (χ4n) is 4.58. The SMILES string of the molecule is COCCCN1C(=S)N[C@@H](c2ccccn2)[C@H]1c1cc(C)n(-c2ccc(OC)cc2)c1C. The van der Waals surface area contributed by atoms with Gasteiger partial charge in [0.2, 0.25) is 0 Å². The van der Waals surface area contributed by atoms with Gasteiger partial charge in [-0.1, -0.05) is 6.07 Å². The average Bonchev–Trinajstić information content (AvgIpc) is 3.29. The Morgan fingerprint density at radius 2 is 1.88 bits per heavy atom. The number of methoxy groups -OCH3 is 2. The number of hydrogen-bond donors (Lipinski definition) is 1. The first-order valence-electron chi connectivity index (χ1n) is 10.9. The van der Waals surface area contributed by atoms with E-state index in [2.05, 4.69) is 57.9 Å². The normalized spacial score (nSPS) is 18.1. The molecule has 0 saturated carbocycles. The van der Waals surface area contributed by atoms with Gasteiger partial charge in [-0.15, -0.1) is 0 Å². The van der Waals surface area contributed by atoms with Gasteiger partial charge < -0.3 is 24.3 Å². The minimum atomic E-state index is -0.0175. The van der Waals surface area contributed by atoms with E-state index in [0.29, 0.717) is 6.61 Å². The monoisotopic (exact) mass is 450 g/mol. The molecule has 1 aliphatic rings. The Labute approximate surface area is 195 Å². The Hall–Kier alpha value is -2.90. The second-order valence-electron chi connectivity index (χ2n) is 8.03. The predicted octanol–water partition coefficient (Wildman–Crippen LogP) is 4.51. The van der Waals surface area contributed by atoms with E-state index in [-0.39, 0.29) is 12.1 Å². The van der Waals surface area contributed by atoms with Crippen molar-refractivity contribution in [2.45, 2.75) is 32.4 Å². The molecule has 1 aliphatic heterocycles. The van der Waals surface area contributed by atoms with Crippen molar-refractivity contribution in [2.75, 3.05) is 27.4 Å². The molecule has 4 rings (SSSR count). The van der Waals surface area contributed by atoms with Gasteiger partial charge in [-0.25, -0.2) is 0 Å². The highest BCUT2D eigenvalue weighted by Crippen LogP contribution is 2.41. The zero-order valence-corrected chi connectivity index (χ0v) is 19.9. The Morgan fingerprint density at radius 1 is 1.09 bits per heavy atom. The van der Waals surface area contributed by atoms with Crippen LogP contribution in [0.3, 0.4) is 0 Å². The van der Waals surface area contributed by atoms with Crippen LogP contribution in [0.2, 0.25) is 0 Å². The summed E-state index contributed by atoms with van der Waals surface area (Å²) in [6.07, 6.45) is 2.74. The number of pyridine rings is 1. The minimum Gasteiger partial charge on any atom is -0.497 e. The Bertz CT molecular complexity index is 1070. The molecule has 1 saturated heterocycles. The van der Waals surface area contributed by atoms with E-state index in [1.165, 1.54) is 17.0 Å². The maximum Gasteiger partial charge on any atom is 0.170 e. The number of nitrogens with one attached hydrogen (secondary N) is 1. The second-order valence-corrected chi connectivity index (χ2v) is 8.41. The fraction of sp³-hybridized carbons (Fsp3) is 0.360. The molecule has 0 aliphatic carbocycles. The number of ether oxygens (including phenoxy) is 2. The number of aryl methyl sites for hydroxylation is 1. The number of nitrogens with zero attached hydrogens (tertiary/aromatic N) is 3. The number of rotatable bonds is 8. The summed E-state index contributed by atoms with van der Waals surface area (Å²) in [5.41, 5.74) is 5.72. The Balaban J connectivity index is 1.76. The van der Waals surface area contributed by atoms with Crippen LogP contribution in [0, 0.1) is 13.8 Å². The number of benzene rings is 1. The average molecular weight is 451 g/mol. The van der Waals surface area contributed by atoms with Gasteiger partial charge in [0, 0.05) is 43.5 Å². The molecule has 0 unspecified atom stereocenters. The van der Waals surface area contributed by atoms with Crippen LogP contribution in [0.5, 0.6) is 5.75 Å². The van der Waals surface area contributed by atoms with E-state index >= 15 is 0 Å². The summed E-state index contributed by atoms with van der Waals surface area (Å²) in [5.74, 6) is 0.848. The largest absolute Gasteiger partial charge is 0.497 e. The Morgan fingerprint density at radius 3 is 2.53 bits per heavy atom. The molecule has 32 heavy (non-hydrogen) atoms. The smallest absolute Gasteiger partial charge is 0.170 e. The standard InChI is InChI=1S/C25H30N4O2S/c1-17-16-21(18(2)29(17)19-9-11-20(31-4)12-10-19)24-23(22-8-5-6-13-26-22)27-25(32)28(24)14-7-15-30-3/h5-6,8-13,16,23-24H,7,14-15H2,1-4H3,(H,27,32)/t23-,24+/m0/s1. The van der Waals surface area contributed by atoms with Crippen molar-refractivity contribution >= 4 is 17.3 Å². The van der Waals surface area contributed by atoms with Crippen LogP contribution in [-0.4, -0.2) is 46.9 Å². The molecule has 3 heterocycles. The molecule has 6 nitrogen and oxygen atoms in total. The first-order valence-corrected chi connectivity index (χ1v) is 11.3. The van der Waals surface area contributed by atoms with Crippen molar-refractivity contribution in [3.8, 4) is 11.4 Å². The van der Waals surface area contributed by atoms with Crippen LogP contribution in [0.4, 0.5) is 0 Å². The molecule has 2 atom stereocenters. The highest BCUT2D eigenvalue weighted by molar-refractivity contribution is 7.80. The summed E-state index contributed by atoms with van der Waals surface area (Å²) >= 11 is 5.77. The van der Waals surface area contributed by atoms with E-state index < -0.39 is 0 Å². The lowest BCUT2D eigenvalue weighted by Gasteiger charge is -2.28. The molecular weight excluding hydrogens is 420 g/mol. The first kappa shape index (κ1) is 22.3. The molecule has 168 valence electrons. The molecule has 1 aromatic carbocycles. The summed E-state index contributed by atoms with van der Waals surface area (Å²) in [4.78, 5) is 6.93. The quantitative estimate of drug-likeness (QED) is 0.403. The van der Waals surface area contributed by atoms with E-state index in [4.69, 9.17) is 21.7 Å². The number of hydrogen-bond acceptors (Lipinski definition) is 4. The summed E-state index contributed by atoms with van der Waals surface area (Å²) in [6.45, 7) is 5.84. The summed E-state index contributed by atoms with van der Waals surface area (Å²) < 4.78 is 12.9. The van der Waals surface area contributed by atoms with Crippen molar-refractivity contribution in [1.29, 1.82) is 0 Å². The van der Waals surface area contributed by atoms with E-state index in [0.717, 1.165) is 35.2 Å². The lowest BCUT2D eigenvalue weighted by atomic mass is 9.96. The first-order chi connectivity index (χ1) is 15.5. The molecule has 2 aromatic heterocycles. The second kappa shape index (κ2) is 9.71. The lowest BCUT2D eigenvalue weighted by molar-refractivity contribution is 0.180. The van der Waals surface area contributed by atoms with Gasteiger partial charge in [0.15, 0.2) is 5.11 Å². The van der Waals surface area contributed by atoms with Gasteiger partial charge in [0.25, 0.3) is 0 Å². The maximum absolute atomic E-state index is 5.77. The summed E-state index contributed by atoms with van der Waals surface area (Å²) in [7, 11) is 3.42. The molecule has 0 spiro atoms. The van der Waals surface area contributed by atoms with Crippen LogP contribution >= 0.6 is 12.2 Å². The molecule has 3 aromatic rings. The minimum absolute atomic E-state index is 0.0175. The van der Waals surface area contributed by atoms with E-state index in [9.17, 15) is 0 Å². The summed E-state index contributed by atoms with van der Waals surface area (Å²) in [6, 6.07) is 16.5. The molecule has 0 bridgehead atoms. The highest BCUT2D eigenvalue weighted by Gasteiger charge is 2.41. The topological polar surface area (TPSA) is 51.5 Å². The fourth-order valence-corrected chi connectivity index (χ4v) is 4.91. The van der Waals surface area contributed by atoms with Crippen LogP contribution in [0.1, 0.15) is 41.1 Å². The molecular formula is C25H30N4O2S. The van der Waals surface area contributed by atoms with E-state index in [1.807, 2.05) is 30.5 Å².